The third-order valence-electron chi connectivity index (χ3n) is 3.55. The van der Waals surface area contributed by atoms with Gasteiger partial charge in [-0.15, -0.1) is 0 Å². The van der Waals surface area contributed by atoms with E-state index in [0.29, 0.717) is 11.9 Å². The van der Waals surface area contributed by atoms with Gasteiger partial charge in [-0.25, -0.2) is 0 Å². The smallest absolute Gasteiger partial charge is 0.139 e. The van der Waals surface area contributed by atoms with Crippen LogP contribution in [0, 0.1) is 0 Å². The first-order valence-electron chi connectivity index (χ1n) is 6.12. The van der Waals surface area contributed by atoms with Gasteiger partial charge in [-0.05, 0) is 18.0 Å². The molecular formula is C11H18N4OS. The number of anilines is 2. The summed E-state index contributed by atoms with van der Waals surface area (Å²) < 4.78 is 9.54. The summed E-state index contributed by atoms with van der Waals surface area (Å²) in [6.45, 7) is 6.12. The minimum absolute atomic E-state index is 0.639. The van der Waals surface area contributed by atoms with Crippen molar-refractivity contribution in [3.63, 3.8) is 0 Å². The van der Waals surface area contributed by atoms with E-state index in [1.807, 2.05) is 6.07 Å². The second kappa shape index (κ2) is 4.80. The molecule has 2 aliphatic rings. The molecule has 3 heterocycles. The zero-order chi connectivity index (χ0) is 11.7. The van der Waals surface area contributed by atoms with Crippen LogP contribution in [0.1, 0.15) is 6.42 Å². The normalized spacial score (nSPS) is 26.6. The van der Waals surface area contributed by atoms with Gasteiger partial charge in [0.05, 0.1) is 13.2 Å². The van der Waals surface area contributed by atoms with Crippen LogP contribution in [0.2, 0.25) is 0 Å². The topological polar surface area (TPSA) is 54.6 Å². The molecule has 2 saturated heterocycles. The lowest BCUT2D eigenvalue weighted by Crippen LogP contribution is -2.44. The highest BCUT2D eigenvalue weighted by Gasteiger charge is 2.29. The van der Waals surface area contributed by atoms with Crippen molar-refractivity contribution in [3.8, 4) is 0 Å². The van der Waals surface area contributed by atoms with E-state index in [-0.39, 0.29) is 0 Å². The Balaban J connectivity index is 1.61. The van der Waals surface area contributed by atoms with Crippen LogP contribution in [0.5, 0.6) is 0 Å². The molecule has 0 radical (unpaired) electrons. The molecular weight excluding hydrogens is 236 g/mol. The van der Waals surface area contributed by atoms with E-state index in [1.165, 1.54) is 23.0 Å². The predicted octanol–water partition coefficient (Wildman–Crippen LogP) is 0.636. The third-order valence-corrected chi connectivity index (χ3v) is 4.42. The van der Waals surface area contributed by atoms with E-state index < -0.39 is 0 Å². The summed E-state index contributed by atoms with van der Waals surface area (Å²) in [4.78, 5) is 4.95. The fraction of sp³-hybridized carbons (Fsp3) is 0.727. The highest BCUT2D eigenvalue weighted by molar-refractivity contribution is 7.10. The van der Waals surface area contributed by atoms with E-state index in [4.69, 9.17) is 10.5 Å². The van der Waals surface area contributed by atoms with Crippen molar-refractivity contribution < 1.29 is 4.74 Å². The summed E-state index contributed by atoms with van der Waals surface area (Å²) in [7, 11) is 0. The molecule has 5 nitrogen and oxygen atoms in total. The number of ether oxygens (including phenoxy) is 1. The molecule has 2 aliphatic heterocycles. The zero-order valence-corrected chi connectivity index (χ0v) is 10.7. The van der Waals surface area contributed by atoms with Crippen molar-refractivity contribution in [2.75, 3.05) is 50.0 Å². The van der Waals surface area contributed by atoms with E-state index >= 15 is 0 Å². The Bertz CT molecular complexity index is 377. The minimum Gasteiger partial charge on any atom is -0.383 e. The number of nitrogen functional groups attached to an aromatic ring is 1. The lowest BCUT2D eigenvalue weighted by molar-refractivity contribution is 0.0209. The largest absolute Gasteiger partial charge is 0.383 e. The monoisotopic (exact) mass is 254 g/mol. The van der Waals surface area contributed by atoms with Gasteiger partial charge in [0, 0.05) is 38.3 Å². The van der Waals surface area contributed by atoms with Crippen LogP contribution in [0.25, 0.3) is 0 Å². The number of nitrogens with two attached hydrogens (primary N) is 1. The Morgan fingerprint density at radius 3 is 2.88 bits per heavy atom. The Morgan fingerprint density at radius 1 is 1.35 bits per heavy atom. The molecule has 0 aromatic carbocycles. The van der Waals surface area contributed by atoms with Gasteiger partial charge >= 0.3 is 0 Å². The summed E-state index contributed by atoms with van der Waals surface area (Å²) in [5.74, 6) is 0.639. The molecule has 2 fully saturated rings. The zero-order valence-electron chi connectivity index (χ0n) is 9.84. The number of hydrogen-bond acceptors (Lipinski definition) is 6. The second-order valence-electron chi connectivity index (χ2n) is 4.63. The molecule has 0 spiro atoms. The van der Waals surface area contributed by atoms with E-state index in [0.717, 1.165) is 39.4 Å². The van der Waals surface area contributed by atoms with Crippen LogP contribution in [0.3, 0.4) is 0 Å². The Labute approximate surface area is 105 Å². The summed E-state index contributed by atoms with van der Waals surface area (Å²) >= 11 is 1.50. The van der Waals surface area contributed by atoms with Crippen LogP contribution in [-0.4, -0.2) is 54.7 Å². The summed E-state index contributed by atoms with van der Waals surface area (Å²) in [5, 5.41) is 1.21. The van der Waals surface area contributed by atoms with Crippen LogP contribution in [0.4, 0.5) is 10.8 Å². The Kier molecular flexibility index (Phi) is 3.17. The van der Waals surface area contributed by atoms with Crippen LogP contribution in [0.15, 0.2) is 6.07 Å². The lowest BCUT2D eigenvalue weighted by atomic mass is 10.2. The average molecular weight is 254 g/mol. The molecule has 2 N–H and O–H groups in total. The highest BCUT2D eigenvalue weighted by atomic mass is 32.1. The lowest BCUT2D eigenvalue weighted by Gasteiger charge is -2.32. The maximum atomic E-state index is 5.67. The van der Waals surface area contributed by atoms with Crippen molar-refractivity contribution in [1.29, 1.82) is 0 Å². The van der Waals surface area contributed by atoms with Crippen molar-refractivity contribution in [3.05, 3.63) is 6.07 Å². The summed E-state index contributed by atoms with van der Waals surface area (Å²) in [5.41, 5.74) is 5.67. The van der Waals surface area contributed by atoms with E-state index in [2.05, 4.69) is 14.2 Å². The van der Waals surface area contributed by atoms with Crippen molar-refractivity contribution >= 4 is 22.4 Å². The molecule has 94 valence electrons. The molecule has 1 unspecified atom stereocenters. The molecule has 1 aromatic heterocycles. The van der Waals surface area contributed by atoms with Gasteiger partial charge in [0.2, 0.25) is 0 Å². The third kappa shape index (κ3) is 2.38. The summed E-state index contributed by atoms with van der Waals surface area (Å²) in [6, 6.07) is 2.65. The molecule has 17 heavy (non-hydrogen) atoms. The molecule has 0 amide bonds. The van der Waals surface area contributed by atoms with Crippen LogP contribution < -0.4 is 10.6 Å². The molecule has 0 aliphatic carbocycles. The first-order chi connectivity index (χ1) is 8.33. The predicted molar refractivity (Wildman–Crippen MR) is 69.5 cm³/mol. The molecule has 6 heteroatoms. The Hall–Kier alpha value is -0.850. The van der Waals surface area contributed by atoms with Gasteiger partial charge in [0.1, 0.15) is 10.8 Å². The molecule has 3 rings (SSSR count). The average Bonchev–Trinajstić information content (AvgIpc) is 2.98. The van der Waals surface area contributed by atoms with Gasteiger partial charge in [-0.1, -0.05) is 0 Å². The fourth-order valence-electron chi connectivity index (χ4n) is 2.61. The SMILES string of the molecule is Nc1cc(N2CCC(N3CCOCC3)C2)sn1. The Morgan fingerprint density at radius 2 is 2.18 bits per heavy atom. The van der Waals surface area contributed by atoms with Gasteiger partial charge < -0.3 is 15.4 Å². The number of hydrogen-bond donors (Lipinski definition) is 1. The van der Waals surface area contributed by atoms with Crippen molar-refractivity contribution in [2.45, 2.75) is 12.5 Å². The number of nitrogens with zero attached hydrogens (tertiary/aromatic N) is 3. The fourth-order valence-corrected chi connectivity index (χ4v) is 3.32. The van der Waals surface area contributed by atoms with Gasteiger partial charge in [-0.3, -0.25) is 4.90 Å². The molecule has 0 bridgehead atoms. The van der Waals surface area contributed by atoms with Crippen LogP contribution >= 0.6 is 11.5 Å². The highest BCUT2D eigenvalue weighted by Crippen LogP contribution is 2.28. The van der Waals surface area contributed by atoms with Crippen molar-refractivity contribution in [2.24, 2.45) is 0 Å². The summed E-state index contributed by atoms with van der Waals surface area (Å²) in [6.07, 6.45) is 1.23. The standard InChI is InChI=1S/C11H18N4OS/c12-10-7-11(17-13-10)15-2-1-9(8-15)14-3-5-16-6-4-14/h7,9H,1-6,8H2,(H2,12,13). The maximum absolute atomic E-state index is 5.67. The first-order valence-corrected chi connectivity index (χ1v) is 6.89. The van der Waals surface area contributed by atoms with Gasteiger partial charge in [0.15, 0.2) is 0 Å². The van der Waals surface area contributed by atoms with Gasteiger partial charge in [0.25, 0.3) is 0 Å². The van der Waals surface area contributed by atoms with Crippen molar-refractivity contribution in [1.82, 2.24) is 9.27 Å². The van der Waals surface area contributed by atoms with E-state index in [9.17, 15) is 0 Å². The van der Waals surface area contributed by atoms with E-state index in [1.54, 1.807) is 0 Å². The first kappa shape index (κ1) is 11.3. The minimum atomic E-state index is 0.639. The quantitative estimate of drug-likeness (QED) is 0.839. The number of aromatic nitrogens is 1. The van der Waals surface area contributed by atoms with Gasteiger partial charge in [-0.2, -0.15) is 4.37 Å². The molecule has 0 saturated carbocycles. The number of rotatable bonds is 2. The second-order valence-corrected chi connectivity index (χ2v) is 5.41. The maximum Gasteiger partial charge on any atom is 0.139 e. The molecule has 1 atom stereocenters. The number of morpholine rings is 1. The molecule has 1 aromatic rings. The van der Waals surface area contributed by atoms with Crippen LogP contribution in [-0.2, 0) is 4.74 Å².